The minimum Gasteiger partial charge on any atom is -0.493 e. The number of thiazole rings is 1. The topological polar surface area (TPSA) is 121 Å². The van der Waals surface area contributed by atoms with Crippen LogP contribution in [0.25, 0.3) is 17.1 Å². The summed E-state index contributed by atoms with van der Waals surface area (Å²) >= 11 is 6.21. The number of nitrogens with zero attached hydrogens (tertiary/aromatic N) is 3. The molecule has 0 bridgehead atoms. The predicted octanol–water partition coefficient (Wildman–Crippen LogP) is 5.59. The molecule has 1 aliphatic rings. The first-order chi connectivity index (χ1) is 21.3. The molecule has 226 valence electrons. The molecule has 0 fully saturated rings. The lowest BCUT2D eigenvalue weighted by Crippen LogP contribution is -2.40. The van der Waals surface area contributed by atoms with Gasteiger partial charge in [0.25, 0.3) is 5.56 Å². The average Bonchev–Trinajstić information content (AvgIpc) is 3.70. The van der Waals surface area contributed by atoms with E-state index in [1.54, 1.807) is 45.2 Å². The monoisotopic (exact) mass is 694 g/mol. The van der Waals surface area contributed by atoms with Gasteiger partial charge in [-0.25, -0.2) is 14.8 Å². The molecule has 13 heteroatoms. The Balaban J connectivity index is 1.43. The molecule has 6 rings (SSSR count). The van der Waals surface area contributed by atoms with Gasteiger partial charge in [-0.3, -0.25) is 9.36 Å². The Morgan fingerprint density at radius 3 is 2.75 bits per heavy atom. The number of fused-ring (bicyclic) bond motifs is 2. The van der Waals surface area contributed by atoms with Crippen LogP contribution in [-0.4, -0.2) is 40.8 Å². The van der Waals surface area contributed by atoms with E-state index in [2.05, 4.69) is 30.9 Å². The Labute approximate surface area is 268 Å². The third-order valence-corrected chi connectivity index (χ3v) is 9.31. The average molecular weight is 696 g/mol. The molecule has 44 heavy (non-hydrogen) atoms. The second-order valence-electron chi connectivity index (χ2n) is 9.58. The van der Waals surface area contributed by atoms with Crippen LogP contribution in [0.3, 0.4) is 0 Å². The van der Waals surface area contributed by atoms with E-state index in [0.29, 0.717) is 59.2 Å². The summed E-state index contributed by atoms with van der Waals surface area (Å²) in [6.45, 7) is 5.97. The SMILES string of the molecule is CCOC(=O)C1=C(C)N=c2s/c(=C/c3ccc(Sc4nc5ccccc5[nH]4)o3)c(=O)n2[C@@H]1c1cc(OC)c(OCC)cc1Br. The molecule has 0 radical (unpaired) electrons. The van der Waals surface area contributed by atoms with Crippen LogP contribution in [-0.2, 0) is 9.53 Å². The summed E-state index contributed by atoms with van der Waals surface area (Å²) in [5.74, 6) is 0.947. The second-order valence-corrected chi connectivity index (χ2v) is 12.4. The number of ether oxygens (including phenoxy) is 3. The number of imidazole rings is 1. The fourth-order valence-corrected chi connectivity index (χ4v) is 7.28. The van der Waals surface area contributed by atoms with E-state index in [1.807, 2.05) is 37.3 Å². The number of methoxy groups -OCH3 is 1. The van der Waals surface area contributed by atoms with Gasteiger partial charge >= 0.3 is 5.97 Å². The number of para-hydroxylation sites is 2. The molecule has 0 spiro atoms. The Bertz CT molecular complexity index is 2080. The zero-order chi connectivity index (χ0) is 31.0. The largest absolute Gasteiger partial charge is 0.493 e. The van der Waals surface area contributed by atoms with E-state index in [9.17, 15) is 9.59 Å². The van der Waals surface area contributed by atoms with Crippen molar-refractivity contribution in [2.24, 2.45) is 4.99 Å². The van der Waals surface area contributed by atoms with Crippen LogP contribution in [0.15, 0.2) is 88.7 Å². The van der Waals surface area contributed by atoms with Crippen LogP contribution < -0.4 is 24.4 Å². The van der Waals surface area contributed by atoms with Gasteiger partial charge in [0.15, 0.2) is 26.5 Å². The maximum Gasteiger partial charge on any atom is 0.338 e. The zero-order valence-electron chi connectivity index (χ0n) is 24.2. The van der Waals surface area contributed by atoms with Gasteiger partial charge in [-0.05, 0) is 74.5 Å². The number of furan rings is 1. The molecule has 1 aliphatic heterocycles. The van der Waals surface area contributed by atoms with Crippen molar-refractivity contribution in [3.8, 4) is 11.5 Å². The number of benzene rings is 2. The van der Waals surface area contributed by atoms with Gasteiger partial charge in [0, 0.05) is 10.5 Å². The number of carbonyl (C=O) groups is 1. The van der Waals surface area contributed by atoms with Crippen molar-refractivity contribution >= 4 is 62.1 Å². The predicted molar refractivity (Wildman–Crippen MR) is 171 cm³/mol. The van der Waals surface area contributed by atoms with E-state index in [0.717, 1.165) is 11.0 Å². The molecule has 2 aromatic carbocycles. The minimum atomic E-state index is -0.831. The fraction of sp³-hybridized carbons (Fsp3) is 0.226. The lowest BCUT2D eigenvalue weighted by Gasteiger charge is -2.26. The third kappa shape index (κ3) is 5.62. The normalized spacial score (nSPS) is 14.9. The molecule has 0 unspecified atom stereocenters. The van der Waals surface area contributed by atoms with Crippen molar-refractivity contribution in [1.29, 1.82) is 0 Å². The fourth-order valence-electron chi connectivity index (χ4n) is 4.94. The van der Waals surface area contributed by atoms with Crippen LogP contribution in [0.4, 0.5) is 0 Å². The molecule has 10 nitrogen and oxygen atoms in total. The highest BCUT2D eigenvalue weighted by Gasteiger charge is 2.35. The lowest BCUT2D eigenvalue weighted by atomic mass is 9.95. The van der Waals surface area contributed by atoms with E-state index in [4.69, 9.17) is 18.6 Å². The number of H-pyrrole nitrogens is 1. The standard InChI is InChI=1S/C31H27BrN4O6S2/c1-5-40-23-15-19(32)18(14-22(23)39-4)27-26(29(38)41-6-2)16(3)33-31-36(27)28(37)24(43-31)13-17-11-12-25(42-17)44-30-34-20-9-7-8-10-21(20)35-30/h7-15,27H,5-6H2,1-4H3,(H,34,35)/b24-13+/t27-/m1/s1. The quantitative estimate of drug-likeness (QED) is 0.198. The van der Waals surface area contributed by atoms with Crippen molar-refractivity contribution < 1.29 is 23.4 Å². The maximum atomic E-state index is 14.0. The molecule has 3 aromatic heterocycles. The summed E-state index contributed by atoms with van der Waals surface area (Å²) in [5.41, 5.74) is 2.83. The zero-order valence-corrected chi connectivity index (χ0v) is 27.4. The van der Waals surface area contributed by atoms with Crippen LogP contribution in [0.5, 0.6) is 11.5 Å². The maximum absolute atomic E-state index is 14.0. The van der Waals surface area contributed by atoms with Crippen molar-refractivity contribution in [3.05, 3.63) is 95.3 Å². The van der Waals surface area contributed by atoms with Crippen molar-refractivity contribution in [2.45, 2.75) is 37.1 Å². The van der Waals surface area contributed by atoms with E-state index in [1.165, 1.54) is 27.7 Å². The summed E-state index contributed by atoms with van der Waals surface area (Å²) in [6, 6.07) is 14.1. The van der Waals surface area contributed by atoms with Crippen molar-refractivity contribution in [1.82, 2.24) is 14.5 Å². The van der Waals surface area contributed by atoms with E-state index >= 15 is 0 Å². The van der Waals surface area contributed by atoms with Gasteiger partial charge in [0.2, 0.25) is 0 Å². The number of aromatic amines is 1. The molecule has 1 atom stereocenters. The highest BCUT2D eigenvalue weighted by atomic mass is 79.9. The molecule has 0 amide bonds. The van der Waals surface area contributed by atoms with Crippen molar-refractivity contribution in [3.63, 3.8) is 0 Å². The molecular weight excluding hydrogens is 668 g/mol. The van der Waals surface area contributed by atoms with E-state index < -0.39 is 12.0 Å². The highest BCUT2D eigenvalue weighted by Crippen LogP contribution is 2.41. The molecule has 5 aromatic rings. The highest BCUT2D eigenvalue weighted by molar-refractivity contribution is 9.10. The van der Waals surface area contributed by atoms with Gasteiger partial charge in [0.1, 0.15) is 5.76 Å². The van der Waals surface area contributed by atoms with Gasteiger partial charge in [0.05, 0.1) is 53.2 Å². The molecule has 4 heterocycles. The summed E-state index contributed by atoms with van der Waals surface area (Å²) < 4.78 is 25.3. The molecule has 0 saturated carbocycles. The Hall–Kier alpha value is -4.07. The summed E-state index contributed by atoms with van der Waals surface area (Å²) in [7, 11) is 1.54. The Morgan fingerprint density at radius 1 is 1.18 bits per heavy atom. The van der Waals surface area contributed by atoms with Gasteiger partial charge in [-0.15, -0.1) is 0 Å². The Kier molecular flexibility index (Phi) is 8.52. The summed E-state index contributed by atoms with van der Waals surface area (Å²) in [5, 5.41) is 1.32. The van der Waals surface area contributed by atoms with Gasteiger partial charge in [-0.1, -0.05) is 39.4 Å². The van der Waals surface area contributed by atoms with E-state index in [-0.39, 0.29) is 17.7 Å². The molecular formula is C31H27BrN4O6S2. The number of esters is 1. The minimum absolute atomic E-state index is 0.174. The first kappa shape index (κ1) is 30.0. The molecule has 0 aliphatic carbocycles. The van der Waals surface area contributed by atoms with Crippen molar-refractivity contribution in [2.75, 3.05) is 20.3 Å². The van der Waals surface area contributed by atoms with Gasteiger partial charge in [-0.2, -0.15) is 0 Å². The van der Waals surface area contributed by atoms with Crippen LogP contribution >= 0.6 is 39.0 Å². The second kappa shape index (κ2) is 12.5. The summed E-state index contributed by atoms with van der Waals surface area (Å²) in [6.07, 6.45) is 1.68. The number of allylic oxidation sites excluding steroid dienone is 1. The smallest absolute Gasteiger partial charge is 0.338 e. The number of hydrogen-bond acceptors (Lipinski definition) is 10. The number of rotatable bonds is 9. The molecule has 1 N–H and O–H groups in total. The van der Waals surface area contributed by atoms with Crippen LogP contribution in [0.1, 0.15) is 38.1 Å². The first-order valence-corrected chi connectivity index (χ1v) is 16.2. The van der Waals surface area contributed by atoms with Gasteiger partial charge < -0.3 is 23.6 Å². The third-order valence-electron chi connectivity index (χ3n) is 6.83. The summed E-state index contributed by atoms with van der Waals surface area (Å²) in [4.78, 5) is 40.3. The number of nitrogens with one attached hydrogen (secondary N) is 1. The number of halogens is 1. The number of aromatic nitrogens is 3. The molecule has 0 saturated heterocycles. The lowest BCUT2D eigenvalue weighted by molar-refractivity contribution is -0.139. The number of hydrogen-bond donors (Lipinski definition) is 1. The Morgan fingerprint density at radius 2 is 2.00 bits per heavy atom. The first-order valence-electron chi connectivity index (χ1n) is 13.7. The van der Waals surface area contributed by atoms with Crippen LogP contribution in [0, 0.1) is 0 Å². The van der Waals surface area contributed by atoms with Crippen LogP contribution in [0.2, 0.25) is 0 Å². The number of carbonyl (C=O) groups excluding carboxylic acids is 1.